The molecule has 1 saturated heterocycles. The molecule has 1 aliphatic rings. The number of benzene rings is 1. The minimum atomic E-state index is 0.733. The average molecular weight is 416 g/mol. The van der Waals surface area contributed by atoms with Crippen LogP contribution in [0, 0.1) is 6.92 Å². The second-order valence-corrected chi connectivity index (χ2v) is 8.14. The molecule has 0 unspecified atom stereocenters. The molecule has 0 aliphatic carbocycles. The zero-order valence-electron chi connectivity index (χ0n) is 17.8. The molecular formula is C22H33N5OS. The van der Waals surface area contributed by atoms with Crippen molar-refractivity contribution in [3.05, 3.63) is 40.4 Å². The van der Waals surface area contributed by atoms with E-state index in [-0.39, 0.29) is 0 Å². The molecule has 0 spiro atoms. The first kappa shape index (κ1) is 21.4. The molecular weight excluding hydrogens is 382 g/mol. The van der Waals surface area contributed by atoms with Gasteiger partial charge in [-0.2, -0.15) is 0 Å². The molecule has 3 rings (SSSR count). The van der Waals surface area contributed by atoms with Gasteiger partial charge in [-0.25, -0.2) is 4.98 Å². The number of aryl methyl sites for hydroxylation is 1. The molecule has 1 aromatic heterocycles. The smallest absolute Gasteiger partial charge is 0.191 e. The van der Waals surface area contributed by atoms with Crippen LogP contribution < -0.4 is 20.3 Å². The molecule has 1 fully saturated rings. The normalized spacial score (nSPS) is 14.3. The number of anilines is 1. The van der Waals surface area contributed by atoms with Crippen LogP contribution in [0.4, 0.5) is 5.13 Å². The van der Waals surface area contributed by atoms with Gasteiger partial charge < -0.3 is 20.3 Å². The quantitative estimate of drug-likeness (QED) is 0.486. The Labute approximate surface area is 178 Å². The Hall–Kier alpha value is -2.28. The van der Waals surface area contributed by atoms with Crippen molar-refractivity contribution >= 4 is 22.4 Å². The van der Waals surface area contributed by atoms with Crippen LogP contribution in [0.15, 0.2) is 28.6 Å². The van der Waals surface area contributed by atoms with Crippen LogP contribution in [0.1, 0.15) is 36.6 Å². The summed E-state index contributed by atoms with van der Waals surface area (Å²) in [6, 6.07) is 6.38. The molecule has 0 saturated carbocycles. The number of nitrogens with zero attached hydrogens (tertiary/aromatic N) is 3. The Kier molecular flexibility index (Phi) is 8.16. The van der Waals surface area contributed by atoms with Crippen LogP contribution in [0.5, 0.6) is 5.75 Å². The molecule has 0 amide bonds. The Morgan fingerprint density at radius 1 is 1.24 bits per heavy atom. The van der Waals surface area contributed by atoms with Crippen LogP contribution in [0.2, 0.25) is 0 Å². The molecule has 2 heterocycles. The lowest BCUT2D eigenvalue weighted by molar-refractivity contribution is 0.411. The van der Waals surface area contributed by atoms with Crippen molar-refractivity contribution in [1.29, 1.82) is 0 Å². The van der Waals surface area contributed by atoms with E-state index in [4.69, 9.17) is 14.7 Å². The van der Waals surface area contributed by atoms with Gasteiger partial charge in [0.1, 0.15) is 5.75 Å². The third-order valence-corrected chi connectivity index (χ3v) is 6.03. The number of aromatic nitrogens is 1. The number of methoxy groups -OCH3 is 1. The second-order valence-electron chi connectivity index (χ2n) is 7.31. The fourth-order valence-electron chi connectivity index (χ4n) is 3.43. The van der Waals surface area contributed by atoms with Crippen molar-refractivity contribution in [2.45, 2.75) is 39.5 Å². The van der Waals surface area contributed by atoms with E-state index in [1.54, 1.807) is 18.4 Å². The van der Waals surface area contributed by atoms with Gasteiger partial charge in [0.25, 0.3) is 0 Å². The highest BCUT2D eigenvalue weighted by atomic mass is 32.1. The number of hydrogen-bond donors (Lipinski definition) is 2. The summed E-state index contributed by atoms with van der Waals surface area (Å²) < 4.78 is 5.42. The van der Waals surface area contributed by atoms with E-state index in [0.717, 1.165) is 68.5 Å². The van der Waals surface area contributed by atoms with Crippen molar-refractivity contribution < 1.29 is 4.74 Å². The van der Waals surface area contributed by atoms with E-state index < -0.39 is 0 Å². The number of guanidine groups is 1. The Balaban J connectivity index is 1.46. The molecule has 29 heavy (non-hydrogen) atoms. The summed E-state index contributed by atoms with van der Waals surface area (Å²) in [5.74, 6) is 1.81. The van der Waals surface area contributed by atoms with E-state index in [1.807, 2.05) is 0 Å². The van der Waals surface area contributed by atoms with Gasteiger partial charge >= 0.3 is 0 Å². The predicted molar refractivity (Wildman–Crippen MR) is 123 cm³/mol. The first-order valence-electron chi connectivity index (χ1n) is 10.5. The minimum absolute atomic E-state index is 0.733. The summed E-state index contributed by atoms with van der Waals surface area (Å²) in [4.78, 5) is 11.9. The Morgan fingerprint density at radius 2 is 2.07 bits per heavy atom. The number of nitrogens with one attached hydrogen (secondary N) is 2. The van der Waals surface area contributed by atoms with Crippen LogP contribution >= 0.6 is 11.3 Å². The number of hydrogen-bond acceptors (Lipinski definition) is 5. The van der Waals surface area contributed by atoms with Gasteiger partial charge in [-0.15, -0.1) is 11.3 Å². The molecule has 2 aromatic rings. The maximum atomic E-state index is 5.42. The molecule has 0 atom stereocenters. The summed E-state index contributed by atoms with van der Waals surface area (Å²) in [7, 11) is 1.72. The first-order valence-corrected chi connectivity index (χ1v) is 11.4. The van der Waals surface area contributed by atoms with Gasteiger partial charge in [0.2, 0.25) is 0 Å². The van der Waals surface area contributed by atoms with Crippen LogP contribution in [-0.2, 0) is 12.8 Å². The molecule has 0 radical (unpaired) electrons. The number of rotatable bonds is 9. The van der Waals surface area contributed by atoms with E-state index in [0.29, 0.717) is 0 Å². The average Bonchev–Trinajstić information content (AvgIpc) is 3.41. The summed E-state index contributed by atoms with van der Waals surface area (Å²) in [6.07, 6.45) is 4.36. The first-order chi connectivity index (χ1) is 14.2. The van der Waals surface area contributed by atoms with Crippen molar-refractivity contribution in [1.82, 2.24) is 15.6 Å². The highest BCUT2D eigenvalue weighted by molar-refractivity contribution is 7.13. The Bertz CT molecular complexity index is 798. The van der Waals surface area contributed by atoms with Crippen molar-refractivity contribution in [2.75, 3.05) is 44.7 Å². The van der Waals surface area contributed by atoms with Gasteiger partial charge in [-0.1, -0.05) is 12.1 Å². The summed E-state index contributed by atoms with van der Waals surface area (Å²) in [6.45, 7) is 8.85. The zero-order valence-corrected chi connectivity index (χ0v) is 18.6. The van der Waals surface area contributed by atoms with Crippen LogP contribution in [0.3, 0.4) is 0 Å². The van der Waals surface area contributed by atoms with Crippen LogP contribution in [0.25, 0.3) is 0 Å². The van der Waals surface area contributed by atoms with Crippen molar-refractivity contribution in [3.63, 3.8) is 0 Å². The molecule has 6 nitrogen and oxygen atoms in total. The predicted octanol–water partition coefficient (Wildman–Crippen LogP) is 3.40. The topological polar surface area (TPSA) is 61.8 Å². The Morgan fingerprint density at radius 3 is 2.83 bits per heavy atom. The lowest BCUT2D eigenvalue weighted by Gasteiger charge is -2.12. The number of ether oxygens (including phenoxy) is 1. The number of aliphatic imine (C=N–C) groups is 1. The van der Waals surface area contributed by atoms with Crippen LogP contribution in [-0.4, -0.2) is 50.8 Å². The fourth-order valence-corrected chi connectivity index (χ4v) is 4.35. The summed E-state index contributed by atoms with van der Waals surface area (Å²) >= 11 is 1.76. The molecule has 2 N–H and O–H groups in total. The van der Waals surface area contributed by atoms with E-state index in [9.17, 15) is 0 Å². The zero-order chi connectivity index (χ0) is 20.5. The summed E-state index contributed by atoms with van der Waals surface area (Å²) in [5, 5.41) is 10.1. The highest BCUT2D eigenvalue weighted by Gasteiger charge is 2.15. The summed E-state index contributed by atoms with van der Waals surface area (Å²) in [5.41, 5.74) is 3.56. The van der Waals surface area contributed by atoms with Gasteiger partial charge in [0.05, 0.1) is 12.8 Å². The van der Waals surface area contributed by atoms with Crippen molar-refractivity contribution in [3.8, 4) is 5.75 Å². The van der Waals surface area contributed by atoms with E-state index in [1.165, 1.54) is 23.5 Å². The molecule has 1 aromatic carbocycles. The van der Waals surface area contributed by atoms with E-state index in [2.05, 4.69) is 53.0 Å². The lowest BCUT2D eigenvalue weighted by Crippen LogP contribution is -2.38. The van der Waals surface area contributed by atoms with E-state index >= 15 is 0 Å². The van der Waals surface area contributed by atoms with Gasteiger partial charge in [0.15, 0.2) is 11.1 Å². The standard InChI is InChI=1S/C22H33N5OS/c1-4-23-21(24-11-9-18-8-7-17(2)20(15-18)28-3)25-12-10-19-16-29-22(26-19)27-13-5-6-14-27/h7-8,15-16H,4-6,9-14H2,1-3H3,(H2,23,24,25). The van der Waals surface area contributed by atoms with Gasteiger partial charge in [0, 0.05) is 44.5 Å². The highest BCUT2D eigenvalue weighted by Crippen LogP contribution is 2.24. The molecule has 1 aliphatic heterocycles. The van der Waals surface area contributed by atoms with Crippen molar-refractivity contribution in [2.24, 2.45) is 4.99 Å². The van der Waals surface area contributed by atoms with Gasteiger partial charge in [-0.3, -0.25) is 4.99 Å². The molecule has 7 heteroatoms. The number of thiazole rings is 1. The SMILES string of the molecule is CCNC(=NCCc1csc(N2CCCC2)n1)NCCc1ccc(C)c(OC)c1. The molecule has 158 valence electrons. The molecule has 0 bridgehead atoms. The lowest BCUT2D eigenvalue weighted by atomic mass is 10.1. The third-order valence-electron chi connectivity index (χ3n) is 5.08. The minimum Gasteiger partial charge on any atom is -0.496 e. The third kappa shape index (κ3) is 6.35. The monoisotopic (exact) mass is 415 g/mol. The maximum absolute atomic E-state index is 5.42. The largest absolute Gasteiger partial charge is 0.496 e. The fraction of sp³-hybridized carbons (Fsp3) is 0.545. The maximum Gasteiger partial charge on any atom is 0.191 e. The second kappa shape index (κ2) is 11.0. The van der Waals surface area contributed by atoms with Gasteiger partial charge in [-0.05, 0) is 50.3 Å².